The van der Waals surface area contributed by atoms with E-state index in [1.807, 2.05) is 0 Å². The number of ether oxygens (including phenoxy) is 1. The Labute approximate surface area is 103 Å². The molecule has 1 heterocycles. The zero-order valence-corrected chi connectivity index (χ0v) is 10.2. The molecule has 0 saturated heterocycles. The van der Waals surface area contributed by atoms with Gasteiger partial charge < -0.3 is 4.74 Å². The topological polar surface area (TPSA) is 84.9 Å². The molecule has 0 atom stereocenters. The Kier molecular flexibility index (Phi) is 3.36. The van der Waals surface area contributed by atoms with E-state index >= 15 is 0 Å². The van der Waals surface area contributed by atoms with Crippen molar-refractivity contribution in [2.75, 3.05) is 6.61 Å². The van der Waals surface area contributed by atoms with Gasteiger partial charge >= 0.3 is 5.97 Å². The minimum Gasteiger partial charge on any atom is -0.466 e. The second-order valence-electron chi connectivity index (χ2n) is 3.88. The first kappa shape index (κ1) is 12.2. The number of hydrogen-bond donors (Lipinski definition) is 1. The van der Waals surface area contributed by atoms with Gasteiger partial charge in [0.05, 0.1) is 6.61 Å². The van der Waals surface area contributed by atoms with Crippen LogP contribution in [0, 0.1) is 6.92 Å². The molecule has 0 saturated carbocycles. The molecule has 1 aromatic heterocycles. The molecule has 6 heteroatoms. The maximum absolute atomic E-state index is 12.0. The molecule has 0 aliphatic carbocycles. The number of nitrogens with one attached hydrogen (secondary N) is 1. The number of esters is 1. The van der Waals surface area contributed by atoms with Crippen LogP contribution in [-0.2, 0) is 9.53 Å². The number of carbonyl (C=O) groups is 2. The van der Waals surface area contributed by atoms with Gasteiger partial charge in [-0.15, -0.1) is 0 Å². The first-order chi connectivity index (χ1) is 8.61. The normalized spacial score (nSPS) is 10.6. The fraction of sp³-hybridized carbons (Fsp3) is 0.333. The maximum atomic E-state index is 12.0. The van der Waals surface area contributed by atoms with Crippen molar-refractivity contribution in [3.63, 3.8) is 0 Å². The lowest BCUT2D eigenvalue weighted by Crippen LogP contribution is -2.12. The van der Waals surface area contributed by atoms with E-state index in [0.29, 0.717) is 16.6 Å². The summed E-state index contributed by atoms with van der Waals surface area (Å²) in [5, 5.41) is 10.3. The Balaban J connectivity index is 2.26. The van der Waals surface area contributed by atoms with E-state index in [4.69, 9.17) is 4.74 Å². The Morgan fingerprint density at radius 1 is 1.28 bits per heavy atom. The number of Topliss-reactive ketones (excluding diaryl/α,β-unsaturated/α-hetero) is 1. The number of carbonyl (C=O) groups excluding carboxylic acids is 2. The first-order valence-corrected chi connectivity index (χ1v) is 5.61. The molecule has 0 aliphatic rings. The highest BCUT2D eigenvalue weighted by Crippen LogP contribution is 2.17. The lowest BCUT2D eigenvalue weighted by atomic mass is 10.0. The van der Waals surface area contributed by atoms with Crippen LogP contribution in [0.4, 0.5) is 0 Å². The molecule has 18 heavy (non-hydrogen) atoms. The number of fused-ring (bicyclic) bond motifs is 1. The SMILES string of the molecule is CCOC(=O)CC(=O)c1cc2n[nH]nc2cc1C. The highest BCUT2D eigenvalue weighted by molar-refractivity contribution is 6.08. The van der Waals surface area contributed by atoms with Crippen molar-refractivity contribution in [1.29, 1.82) is 0 Å². The van der Waals surface area contributed by atoms with Gasteiger partial charge in [0.15, 0.2) is 5.78 Å². The third-order valence-electron chi connectivity index (χ3n) is 2.57. The van der Waals surface area contributed by atoms with Crippen LogP contribution < -0.4 is 0 Å². The minimum atomic E-state index is -0.512. The molecule has 6 nitrogen and oxygen atoms in total. The Bertz CT molecular complexity index is 604. The molecular formula is C12H13N3O3. The number of aromatic nitrogens is 3. The van der Waals surface area contributed by atoms with Gasteiger partial charge in [0.2, 0.25) is 0 Å². The molecule has 0 radical (unpaired) electrons. The molecular weight excluding hydrogens is 234 g/mol. The van der Waals surface area contributed by atoms with Crippen LogP contribution >= 0.6 is 0 Å². The zero-order chi connectivity index (χ0) is 13.1. The number of ketones is 1. The first-order valence-electron chi connectivity index (χ1n) is 5.61. The summed E-state index contributed by atoms with van der Waals surface area (Å²) in [5.74, 6) is -0.780. The van der Waals surface area contributed by atoms with E-state index < -0.39 is 5.97 Å². The van der Waals surface area contributed by atoms with Gasteiger partial charge in [-0.3, -0.25) is 9.59 Å². The number of benzene rings is 1. The Hall–Kier alpha value is -2.24. The highest BCUT2D eigenvalue weighted by Gasteiger charge is 2.16. The summed E-state index contributed by atoms with van der Waals surface area (Å²) in [6.07, 6.45) is -0.252. The Morgan fingerprint density at radius 2 is 1.94 bits per heavy atom. The number of rotatable bonds is 4. The summed E-state index contributed by atoms with van der Waals surface area (Å²) in [5.41, 5.74) is 2.54. The van der Waals surface area contributed by atoms with Crippen LogP contribution in [0.25, 0.3) is 11.0 Å². The van der Waals surface area contributed by atoms with Gasteiger partial charge in [-0.2, -0.15) is 15.4 Å². The van der Waals surface area contributed by atoms with Crippen molar-refractivity contribution in [2.45, 2.75) is 20.3 Å². The van der Waals surface area contributed by atoms with E-state index in [-0.39, 0.29) is 18.8 Å². The van der Waals surface area contributed by atoms with E-state index in [1.165, 1.54) is 0 Å². The van der Waals surface area contributed by atoms with E-state index in [1.54, 1.807) is 26.0 Å². The summed E-state index contributed by atoms with van der Waals surface area (Å²) in [7, 11) is 0. The quantitative estimate of drug-likeness (QED) is 0.501. The second-order valence-corrected chi connectivity index (χ2v) is 3.88. The van der Waals surface area contributed by atoms with E-state index in [2.05, 4.69) is 15.4 Å². The fourth-order valence-electron chi connectivity index (χ4n) is 1.73. The highest BCUT2D eigenvalue weighted by atomic mass is 16.5. The predicted molar refractivity (Wildman–Crippen MR) is 64.2 cm³/mol. The smallest absolute Gasteiger partial charge is 0.313 e. The van der Waals surface area contributed by atoms with Crippen LogP contribution in [0.5, 0.6) is 0 Å². The summed E-state index contributed by atoms with van der Waals surface area (Å²) in [6.45, 7) is 3.77. The van der Waals surface area contributed by atoms with Crippen LogP contribution in [0.2, 0.25) is 0 Å². The monoisotopic (exact) mass is 247 g/mol. The summed E-state index contributed by atoms with van der Waals surface area (Å²) in [6, 6.07) is 3.40. The molecule has 0 spiro atoms. The maximum Gasteiger partial charge on any atom is 0.313 e. The Morgan fingerprint density at radius 3 is 2.61 bits per heavy atom. The van der Waals surface area contributed by atoms with Crippen molar-refractivity contribution in [3.05, 3.63) is 23.3 Å². The lowest BCUT2D eigenvalue weighted by Gasteiger charge is -2.04. The standard InChI is InChI=1S/C12H13N3O3/c1-3-18-12(17)6-11(16)8-5-10-9(4-7(8)2)13-15-14-10/h4-5H,3,6H2,1-2H3,(H,13,14,15). The van der Waals surface area contributed by atoms with Crippen molar-refractivity contribution >= 4 is 22.8 Å². The largest absolute Gasteiger partial charge is 0.466 e. The van der Waals surface area contributed by atoms with Crippen LogP contribution in [0.1, 0.15) is 29.3 Å². The number of aromatic amines is 1. The number of aryl methyl sites for hydroxylation is 1. The van der Waals surface area contributed by atoms with E-state index in [9.17, 15) is 9.59 Å². The number of nitrogens with zero attached hydrogens (tertiary/aromatic N) is 2. The molecule has 94 valence electrons. The van der Waals surface area contributed by atoms with Crippen molar-refractivity contribution in [1.82, 2.24) is 15.4 Å². The van der Waals surface area contributed by atoms with Gasteiger partial charge in [0, 0.05) is 5.56 Å². The summed E-state index contributed by atoms with van der Waals surface area (Å²) in [4.78, 5) is 23.2. The van der Waals surface area contributed by atoms with Gasteiger partial charge in [-0.1, -0.05) is 0 Å². The molecule has 1 aromatic carbocycles. The average Bonchev–Trinajstić information content (AvgIpc) is 2.74. The van der Waals surface area contributed by atoms with Gasteiger partial charge in [-0.05, 0) is 31.5 Å². The molecule has 0 fully saturated rings. The van der Waals surface area contributed by atoms with Crippen LogP contribution in [-0.4, -0.2) is 33.8 Å². The number of hydrogen-bond acceptors (Lipinski definition) is 5. The summed E-state index contributed by atoms with van der Waals surface area (Å²) >= 11 is 0. The molecule has 1 N–H and O–H groups in total. The molecule has 0 unspecified atom stereocenters. The third kappa shape index (κ3) is 2.37. The van der Waals surface area contributed by atoms with Gasteiger partial charge in [0.1, 0.15) is 17.5 Å². The van der Waals surface area contributed by atoms with Crippen molar-refractivity contribution in [2.24, 2.45) is 0 Å². The van der Waals surface area contributed by atoms with Gasteiger partial charge in [0.25, 0.3) is 0 Å². The molecule has 0 bridgehead atoms. The fourth-order valence-corrected chi connectivity index (χ4v) is 1.73. The number of H-pyrrole nitrogens is 1. The second kappa shape index (κ2) is 4.95. The summed E-state index contributed by atoms with van der Waals surface area (Å²) < 4.78 is 4.75. The minimum absolute atomic E-state index is 0.252. The van der Waals surface area contributed by atoms with Crippen LogP contribution in [0.3, 0.4) is 0 Å². The molecule has 0 amide bonds. The van der Waals surface area contributed by atoms with E-state index in [0.717, 1.165) is 5.56 Å². The molecule has 2 aromatic rings. The molecule has 0 aliphatic heterocycles. The van der Waals surface area contributed by atoms with Gasteiger partial charge in [-0.25, -0.2) is 0 Å². The van der Waals surface area contributed by atoms with Crippen molar-refractivity contribution in [3.8, 4) is 0 Å². The predicted octanol–water partition coefficient (Wildman–Crippen LogP) is 1.40. The zero-order valence-electron chi connectivity index (χ0n) is 10.2. The van der Waals surface area contributed by atoms with Crippen LogP contribution in [0.15, 0.2) is 12.1 Å². The third-order valence-corrected chi connectivity index (χ3v) is 2.57. The average molecular weight is 247 g/mol. The van der Waals surface area contributed by atoms with Crippen molar-refractivity contribution < 1.29 is 14.3 Å². The lowest BCUT2D eigenvalue weighted by molar-refractivity contribution is -0.141. The molecule has 2 rings (SSSR count).